The van der Waals surface area contributed by atoms with Crippen molar-refractivity contribution in [3.05, 3.63) is 58.6 Å². The summed E-state index contributed by atoms with van der Waals surface area (Å²) in [6.07, 6.45) is 1.90. The van der Waals surface area contributed by atoms with Crippen molar-refractivity contribution in [2.45, 2.75) is 19.8 Å². The van der Waals surface area contributed by atoms with Crippen LogP contribution in [0.2, 0.25) is 0 Å². The average molecular weight is 312 g/mol. The summed E-state index contributed by atoms with van der Waals surface area (Å²) < 4.78 is 19.4. The molecule has 5 heteroatoms. The fourth-order valence-corrected chi connectivity index (χ4v) is 2.34. The van der Waals surface area contributed by atoms with Crippen molar-refractivity contribution in [1.82, 2.24) is 9.97 Å². The highest BCUT2D eigenvalue weighted by molar-refractivity contribution is 5.79. The lowest BCUT2D eigenvalue weighted by molar-refractivity contribution is 0.308. The van der Waals surface area contributed by atoms with Crippen molar-refractivity contribution >= 4 is 10.9 Å². The van der Waals surface area contributed by atoms with Gasteiger partial charge in [-0.25, -0.2) is 9.37 Å². The summed E-state index contributed by atoms with van der Waals surface area (Å²) in [4.78, 5) is 19.2. The Morgan fingerprint density at radius 1 is 1.22 bits per heavy atom. The first-order chi connectivity index (χ1) is 11.2. The Morgan fingerprint density at radius 3 is 2.87 bits per heavy atom. The van der Waals surface area contributed by atoms with Crippen LogP contribution in [0, 0.1) is 5.82 Å². The topological polar surface area (TPSA) is 55.0 Å². The molecule has 0 aliphatic carbocycles. The number of halogens is 1. The fourth-order valence-electron chi connectivity index (χ4n) is 2.34. The maximum absolute atomic E-state index is 13.8. The third-order valence-electron chi connectivity index (χ3n) is 3.52. The lowest BCUT2D eigenvalue weighted by atomic mass is 10.1. The van der Waals surface area contributed by atoms with Crippen LogP contribution < -0.4 is 10.3 Å². The molecule has 4 nitrogen and oxygen atoms in total. The molecule has 3 aromatic rings. The van der Waals surface area contributed by atoms with Crippen LogP contribution in [0.1, 0.15) is 19.8 Å². The molecule has 0 amide bonds. The van der Waals surface area contributed by atoms with Gasteiger partial charge in [-0.1, -0.05) is 25.5 Å². The van der Waals surface area contributed by atoms with E-state index in [4.69, 9.17) is 4.74 Å². The zero-order valence-electron chi connectivity index (χ0n) is 12.8. The van der Waals surface area contributed by atoms with Crippen molar-refractivity contribution < 1.29 is 9.13 Å². The molecule has 0 spiro atoms. The maximum Gasteiger partial charge on any atom is 0.259 e. The molecule has 0 aliphatic heterocycles. The Balaban J connectivity index is 2.02. The normalized spacial score (nSPS) is 10.9. The molecule has 118 valence electrons. The van der Waals surface area contributed by atoms with Crippen LogP contribution in [0.25, 0.3) is 22.3 Å². The van der Waals surface area contributed by atoms with E-state index in [1.54, 1.807) is 24.3 Å². The highest BCUT2D eigenvalue weighted by atomic mass is 19.1. The number of nitrogens with zero attached hydrogens (tertiary/aromatic N) is 1. The summed E-state index contributed by atoms with van der Waals surface area (Å²) in [5.74, 6) is 0.336. The fraction of sp³-hybridized carbons (Fsp3) is 0.222. The molecule has 1 N–H and O–H groups in total. The lowest BCUT2D eigenvalue weighted by Gasteiger charge is -2.08. The van der Waals surface area contributed by atoms with E-state index in [9.17, 15) is 9.18 Å². The first-order valence-corrected chi connectivity index (χ1v) is 7.60. The Kier molecular flexibility index (Phi) is 4.37. The van der Waals surface area contributed by atoms with Gasteiger partial charge in [0, 0.05) is 11.6 Å². The Bertz CT molecular complexity index is 890. The van der Waals surface area contributed by atoms with E-state index in [1.165, 1.54) is 12.1 Å². The predicted octanol–water partition coefficient (Wildman–Crippen LogP) is 3.91. The van der Waals surface area contributed by atoms with Gasteiger partial charge in [0.2, 0.25) is 0 Å². The molecule has 0 unspecified atom stereocenters. The molecule has 0 radical (unpaired) electrons. The Morgan fingerprint density at radius 2 is 2.04 bits per heavy atom. The van der Waals surface area contributed by atoms with Gasteiger partial charge in [0.25, 0.3) is 5.56 Å². The van der Waals surface area contributed by atoms with E-state index in [2.05, 4.69) is 16.9 Å². The SMILES string of the molecule is CCCCOc1cc(F)cc(-c2nc3ccccc3c(=O)[nH]2)c1. The predicted molar refractivity (Wildman–Crippen MR) is 88.2 cm³/mol. The van der Waals surface area contributed by atoms with Crippen LogP contribution in [-0.4, -0.2) is 16.6 Å². The number of fused-ring (bicyclic) bond motifs is 1. The minimum atomic E-state index is -0.426. The number of H-pyrrole nitrogens is 1. The number of hydrogen-bond acceptors (Lipinski definition) is 3. The number of hydrogen-bond donors (Lipinski definition) is 1. The number of aromatic amines is 1. The summed E-state index contributed by atoms with van der Waals surface area (Å²) in [5, 5.41) is 0.507. The monoisotopic (exact) mass is 312 g/mol. The van der Waals surface area contributed by atoms with Crippen LogP contribution in [-0.2, 0) is 0 Å². The van der Waals surface area contributed by atoms with Crippen molar-refractivity contribution in [2.24, 2.45) is 0 Å². The van der Waals surface area contributed by atoms with Crippen LogP contribution >= 0.6 is 0 Å². The molecule has 0 aliphatic rings. The largest absolute Gasteiger partial charge is 0.493 e. The van der Waals surface area contributed by atoms with E-state index < -0.39 is 5.82 Å². The smallest absolute Gasteiger partial charge is 0.259 e. The molecule has 0 bridgehead atoms. The summed E-state index contributed by atoms with van der Waals surface area (Å²) in [7, 11) is 0. The summed E-state index contributed by atoms with van der Waals surface area (Å²) in [5.41, 5.74) is 0.812. The van der Waals surface area contributed by atoms with Crippen molar-refractivity contribution in [1.29, 1.82) is 0 Å². The molecular weight excluding hydrogens is 295 g/mol. The summed E-state index contributed by atoms with van der Waals surface area (Å²) >= 11 is 0. The highest BCUT2D eigenvalue weighted by Crippen LogP contribution is 2.24. The van der Waals surface area contributed by atoms with Gasteiger partial charge in [0.15, 0.2) is 0 Å². The zero-order valence-corrected chi connectivity index (χ0v) is 12.8. The number of para-hydroxylation sites is 1. The van der Waals surface area contributed by atoms with Crippen LogP contribution in [0.5, 0.6) is 5.75 Å². The first kappa shape index (κ1) is 15.2. The molecule has 0 atom stereocenters. The molecule has 0 fully saturated rings. The first-order valence-electron chi connectivity index (χ1n) is 7.60. The lowest BCUT2D eigenvalue weighted by Crippen LogP contribution is -2.09. The van der Waals surface area contributed by atoms with Crippen molar-refractivity contribution in [2.75, 3.05) is 6.61 Å². The van der Waals surface area contributed by atoms with Crippen molar-refractivity contribution in [3.8, 4) is 17.1 Å². The van der Waals surface area contributed by atoms with Crippen LogP contribution in [0.3, 0.4) is 0 Å². The number of aromatic nitrogens is 2. The van der Waals surface area contributed by atoms with Gasteiger partial charge in [-0.05, 0) is 30.7 Å². The second-order valence-corrected chi connectivity index (χ2v) is 5.31. The van der Waals surface area contributed by atoms with Crippen LogP contribution in [0.15, 0.2) is 47.3 Å². The molecule has 1 aromatic heterocycles. The third kappa shape index (κ3) is 3.39. The number of ether oxygens (including phenoxy) is 1. The third-order valence-corrected chi connectivity index (χ3v) is 3.52. The Labute approximate surface area is 133 Å². The van der Waals surface area contributed by atoms with E-state index in [0.717, 1.165) is 12.8 Å². The number of rotatable bonds is 5. The second kappa shape index (κ2) is 6.60. The Hall–Kier alpha value is -2.69. The summed E-state index contributed by atoms with van der Waals surface area (Å²) in [6.45, 7) is 2.59. The standard InChI is InChI=1S/C18H17FN2O2/c1-2-3-8-23-14-10-12(9-13(19)11-14)17-20-16-7-5-4-6-15(16)18(22)21-17/h4-7,9-11H,2-3,8H2,1H3,(H,20,21,22). The van der Waals surface area contributed by atoms with Crippen molar-refractivity contribution in [3.63, 3.8) is 0 Å². The molecule has 0 saturated carbocycles. The molecule has 3 rings (SSSR count). The van der Waals surface area contributed by atoms with Gasteiger partial charge in [-0.3, -0.25) is 4.79 Å². The minimum Gasteiger partial charge on any atom is -0.493 e. The molecule has 2 aromatic carbocycles. The van der Waals surface area contributed by atoms with E-state index in [1.807, 2.05) is 6.07 Å². The molecule has 1 heterocycles. The number of unbranched alkanes of at least 4 members (excludes halogenated alkanes) is 1. The molecular formula is C18H17FN2O2. The quantitative estimate of drug-likeness (QED) is 0.727. The minimum absolute atomic E-state index is 0.247. The zero-order chi connectivity index (χ0) is 16.2. The molecule has 0 saturated heterocycles. The molecule has 23 heavy (non-hydrogen) atoms. The van der Waals surface area contributed by atoms with E-state index in [0.29, 0.717) is 34.6 Å². The van der Waals surface area contributed by atoms with Gasteiger partial charge >= 0.3 is 0 Å². The summed E-state index contributed by atoms with van der Waals surface area (Å²) in [6, 6.07) is 11.4. The van der Waals surface area contributed by atoms with Gasteiger partial charge in [-0.15, -0.1) is 0 Å². The average Bonchev–Trinajstić information content (AvgIpc) is 2.54. The number of benzene rings is 2. The van der Waals surface area contributed by atoms with E-state index in [-0.39, 0.29) is 5.56 Å². The highest BCUT2D eigenvalue weighted by Gasteiger charge is 2.09. The van der Waals surface area contributed by atoms with Gasteiger partial charge in [0.1, 0.15) is 17.4 Å². The van der Waals surface area contributed by atoms with Gasteiger partial charge in [0.05, 0.1) is 17.5 Å². The van der Waals surface area contributed by atoms with Gasteiger partial charge in [-0.2, -0.15) is 0 Å². The van der Waals surface area contributed by atoms with Crippen LogP contribution in [0.4, 0.5) is 4.39 Å². The number of nitrogens with one attached hydrogen (secondary N) is 1. The maximum atomic E-state index is 13.8. The van der Waals surface area contributed by atoms with E-state index >= 15 is 0 Å². The second-order valence-electron chi connectivity index (χ2n) is 5.31. The van der Waals surface area contributed by atoms with Gasteiger partial charge < -0.3 is 9.72 Å².